The molecule has 0 spiro atoms. The smallest absolute Gasteiger partial charge is 0.326 e. The van der Waals surface area contributed by atoms with E-state index in [0.717, 1.165) is 17.7 Å². The molecule has 1 atom stereocenters. The van der Waals surface area contributed by atoms with Gasteiger partial charge in [-0.05, 0) is 30.5 Å². The Balaban J connectivity index is 1.80. The minimum absolute atomic E-state index is 0.0794. The zero-order chi connectivity index (χ0) is 18.2. The van der Waals surface area contributed by atoms with E-state index in [1.165, 1.54) is 17.2 Å². The second-order valence-corrected chi connectivity index (χ2v) is 5.66. The van der Waals surface area contributed by atoms with Crippen molar-refractivity contribution in [1.29, 1.82) is 0 Å². The van der Waals surface area contributed by atoms with Crippen molar-refractivity contribution in [3.05, 3.63) is 48.0 Å². The zero-order valence-corrected chi connectivity index (χ0v) is 14.0. The maximum absolute atomic E-state index is 12.0. The number of rotatable bonds is 9. The Bertz CT molecular complexity index is 712. The molecule has 25 heavy (non-hydrogen) atoms. The number of aliphatic carboxylic acids is 1. The van der Waals surface area contributed by atoms with E-state index in [4.69, 9.17) is 10.6 Å². The van der Waals surface area contributed by atoms with Gasteiger partial charge in [0, 0.05) is 12.8 Å². The van der Waals surface area contributed by atoms with Gasteiger partial charge in [-0.1, -0.05) is 12.1 Å². The van der Waals surface area contributed by atoms with Crippen molar-refractivity contribution in [2.24, 2.45) is 0 Å². The Morgan fingerprint density at radius 1 is 1.36 bits per heavy atom. The number of carbonyl (C=O) groups excluding carboxylic acids is 1. The number of nitrogens with zero attached hydrogens (tertiary/aromatic N) is 2. The fourth-order valence-electron chi connectivity index (χ4n) is 2.41. The number of nitrogen functional groups attached to an aromatic ring is 1. The molecule has 0 bridgehead atoms. The molecule has 8 nitrogen and oxygen atoms in total. The van der Waals surface area contributed by atoms with Crippen LogP contribution in [-0.4, -0.2) is 39.8 Å². The summed E-state index contributed by atoms with van der Waals surface area (Å²) in [6.45, 7) is 0. The van der Waals surface area contributed by atoms with Crippen molar-refractivity contribution >= 4 is 11.9 Å². The molecule has 0 saturated heterocycles. The molecule has 1 aromatic carbocycles. The highest BCUT2D eigenvalue weighted by Gasteiger charge is 2.21. The molecule has 1 amide bonds. The van der Waals surface area contributed by atoms with E-state index < -0.39 is 12.0 Å². The van der Waals surface area contributed by atoms with Crippen LogP contribution in [0.25, 0.3) is 0 Å². The van der Waals surface area contributed by atoms with Crippen LogP contribution in [0.15, 0.2) is 36.8 Å². The van der Waals surface area contributed by atoms with Crippen LogP contribution in [0.5, 0.6) is 5.75 Å². The summed E-state index contributed by atoms with van der Waals surface area (Å²) in [5, 5.41) is 11.8. The first-order chi connectivity index (χ1) is 12.0. The van der Waals surface area contributed by atoms with Gasteiger partial charge in [-0.2, -0.15) is 0 Å². The summed E-state index contributed by atoms with van der Waals surface area (Å²) in [7, 11) is 1.61. The molecule has 1 heterocycles. The molecule has 134 valence electrons. The van der Waals surface area contributed by atoms with Crippen LogP contribution in [0.3, 0.4) is 0 Å². The number of amides is 1. The Kier molecular flexibility index (Phi) is 6.39. The quantitative estimate of drug-likeness (QED) is 0.576. The number of methoxy groups -OCH3 is 1. The second kappa shape index (κ2) is 8.72. The predicted octanol–water partition coefficient (Wildman–Crippen LogP) is 0.740. The van der Waals surface area contributed by atoms with Gasteiger partial charge in [-0.3, -0.25) is 9.47 Å². The topological polar surface area (TPSA) is 119 Å². The number of nitrogens with two attached hydrogens (primary N) is 1. The molecular weight excluding hydrogens is 324 g/mol. The largest absolute Gasteiger partial charge is 0.497 e. The normalized spacial score (nSPS) is 11.7. The lowest BCUT2D eigenvalue weighted by molar-refractivity contribution is -0.141. The van der Waals surface area contributed by atoms with Gasteiger partial charge in [0.25, 0.3) is 0 Å². The Labute approximate surface area is 145 Å². The summed E-state index contributed by atoms with van der Waals surface area (Å²) < 4.78 is 6.34. The van der Waals surface area contributed by atoms with Gasteiger partial charge in [0.05, 0.1) is 19.0 Å². The van der Waals surface area contributed by atoms with E-state index in [2.05, 4.69) is 10.3 Å². The predicted molar refractivity (Wildman–Crippen MR) is 91.6 cm³/mol. The number of aromatic nitrogens is 2. The summed E-state index contributed by atoms with van der Waals surface area (Å²) in [4.78, 5) is 27.2. The number of carbonyl (C=O) groups is 2. The lowest BCUT2D eigenvalue weighted by atomic mass is 10.1. The minimum Gasteiger partial charge on any atom is -0.497 e. The fourth-order valence-corrected chi connectivity index (χ4v) is 2.41. The average molecular weight is 346 g/mol. The SMILES string of the molecule is COc1ccc(CCCC(=O)N[C@H](Cc2cncn2N)C(=O)O)cc1. The fraction of sp³-hybridized carbons (Fsp3) is 0.353. The highest BCUT2D eigenvalue weighted by atomic mass is 16.5. The van der Waals surface area contributed by atoms with Crippen LogP contribution in [0.4, 0.5) is 0 Å². The summed E-state index contributed by atoms with van der Waals surface area (Å²) in [5.74, 6) is 5.00. The molecule has 2 aromatic rings. The van der Waals surface area contributed by atoms with E-state index in [-0.39, 0.29) is 18.7 Å². The van der Waals surface area contributed by atoms with Crippen LogP contribution in [0.1, 0.15) is 24.1 Å². The van der Waals surface area contributed by atoms with Gasteiger partial charge in [-0.15, -0.1) is 0 Å². The van der Waals surface area contributed by atoms with E-state index in [1.54, 1.807) is 7.11 Å². The number of hydrogen-bond acceptors (Lipinski definition) is 5. The number of benzene rings is 1. The van der Waals surface area contributed by atoms with Gasteiger partial charge in [0.15, 0.2) is 0 Å². The lowest BCUT2D eigenvalue weighted by Gasteiger charge is -2.14. The maximum atomic E-state index is 12.0. The third-order valence-electron chi connectivity index (χ3n) is 3.82. The van der Waals surface area contributed by atoms with Crippen molar-refractivity contribution < 1.29 is 19.4 Å². The molecule has 2 rings (SSSR count). The Hall–Kier alpha value is -3.03. The van der Waals surface area contributed by atoms with E-state index in [0.29, 0.717) is 12.1 Å². The summed E-state index contributed by atoms with van der Waals surface area (Å²) in [6.07, 6.45) is 4.54. The van der Waals surface area contributed by atoms with Gasteiger partial charge < -0.3 is 21.0 Å². The van der Waals surface area contributed by atoms with E-state index >= 15 is 0 Å². The second-order valence-electron chi connectivity index (χ2n) is 5.66. The Morgan fingerprint density at radius 3 is 2.64 bits per heavy atom. The molecule has 0 aliphatic carbocycles. The first-order valence-electron chi connectivity index (χ1n) is 7.91. The van der Waals surface area contributed by atoms with Gasteiger partial charge in [-0.25, -0.2) is 9.78 Å². The molecule has 0 unspecified atom stereocenters. The minimum atomic E-state index is -1.11. The van der Waals surface area contributed by atoms with Gasteiger partial charge in [0.1, 0.15) is 18.1 Å². The number of aryl methyl sites for hydroxylation is 1. The van der Waals surface area contributed by atoms with Gasteiger partial charge >= 0.3 is 5.97 Å². The first-order valence-corrected chi connectivity index (χ1v) is 7.91. The molecule has 1 aromatic heterocycles. The number of nitrogens with one attached hydrogen (secondary N) is 1. The van der Waals surface area contributed by atoms with Crippen molar-refractivity contribution in [2.45, 2.75) is 31.7 Å². The number of carboxylic acids is 1. The van der Waals surface area contributed by atoms with Crippen LogP contribution in [0.2, 0.25) is 0 Å². The number of hydrogen-bond donors (Lipinski definition) is 3. The van der Waals surface area contributed by atoms with Crippen molar-refractivity contribution in [1.82, 2.24) is 15.0 Å². The number of imidazole rings is 1. The van der Waals surface area contributed by atoms with Crippen molar-refractivity contribution in [2.75, 3.05) is 13.0 Å². The summed E-state index contributed by atoms with van der Waals surface area (Å²) in [5.41, 5.74) is 1.63. The maximum Gasteiger partial charge on any atom is 0.326 e. The highest BCUT2D eigenvalue weighted by molar-refractivity contribution is 5.83. The standard InChI is InChI=1S/C17H22N4O4/c1-25-14-7-5-12(6-8-14)3-2-4-16(22)20-15(17(23)24)9-13-10-19-11-21(13)18/h5-8,10-11,15H,2-4,9,18H2,1H3,(H,20,22)(H,23,24)/t15-/m1/s1. The van der Waals surface area contributed by atoms with Crippen LogP contribution in [-0.2, 0) is 22.4 Å². The van der Waals surface area contributed by atoms with E-state index in [9.17, 15) is 14.7 Å². The summed E-state index contributed by atoms with van der Waals surface area (Å²) >= 11 is 0. The Morgan fingerprint density at radius 2 is 2.08 bits per heavy atom. The number of ether oxygens (including phenoxy) is 1. The molecule has 4 N–H and O–H groups in total. The molecule has 0 saturated carbocycles. The number of carboxylic acid groups (broad SMARTS) is 1. The van der Waals surface area contributed by atoms with Crippen molar-refractivity contribution in [3.8, 4) is 5.75 Å². The van der Waals surface area contributed by atoms with Crippen molar-refractivity contribution in [3.63, 3.8) is 0 Å². The molecular formula is C17H22N4O4. The monoisotopic (exact) mass is 346 g/mol. The molecule has 8 heteroatoms. The van der Waals surface area contributed by atoms with Gasteiger partial charge in [0.2, 0.25) is 5.91 Å². The first kappa shape index (κ1) is 18.3. The summed E-state index contributed by atoms with van der Waals surface area (Å²) in [6, 6.07) is 6.59. The molecule has 0 aliphatic heterocycles. The molecule has 0 radical (unpaired) electrons. The van der Waals surface area contributed by atoms with Crippen LogP contribution >= 0.6 is 0 Å². The zero-order valence-electron chi connectivity index (χ0n) is 14.0. The lowest BCUT2D eigenvalue weighted by Crippen LogP contribution is -2.42. The molecule has 0 aliphatic rings. The highest BCUT2D eigenvalue weighted by Crippen LogP contribution is 2.13. The van der Waals surface area contributed by atoms with E-state index in [1.807, 2.05) is 24.3 Å². The molecule has 0 fully saturated rings. The van der Waals surface area contributed by atoms with Crippen LogP contribution < -0.4 is 15.9 Å². The average Bonchev–Trinajstić information content (AvgIpc) is 2.99. The van der Waals surface area contributed by atoms with Crippen LogP contribution in [0, 0.1) is 0 Å². The third kappa shape index (κ3) is 5.52. The third-order valence-corrected chi connectivity index (χ3v) is 3.82.